The minimum Gasteiger partial charge on any atom is -0.378 e. The highest BCUT2D eigenvalue weighted by Crippen LogP contribution is 2.30. The van der Waals surface area contributed by atoms with Crippen LogP contribution >= 0.6 is 0 Å². The maximum atomic E-state index is 13.2. The van der Waals surface area contributed by atoms with Gasteiger partial charge in [-0.25, -0.2) is 0 Å². The standard InChI is InChI=1S/C20H27N3O3/c1-15(24)22-12-16-5-6-19(14-22)23(13-16)20(25)17-3-2-4-18(11-17)21-7-9-26-10-8-21/h2-4,11,16,19H,5-10,12-14H2,1H3/t16-,19+/m0/s1. The molecule has 26 heavy (non-hydrogen) atoms. The lowest BCUT2D eigenvalue weighted by Gasteiger charge is -2.36. The first-order valence-electron chi connectivity index (χ1n) is 9.61. The van der Waals surface area contributed by atoms with E-state index in [2.05, 4.69) is 11.0 Å². The molecule has 0 aliphatic carbocycles. The summed E-state index contributed by atoms with van der Waals surface area (Å²) >= 11 is 0. The quantitative estimate of drug-likeness (QED) is 0.807. The second-order valence-electron chi connectivity index (χ2n) is 7.63. The van der Waals surface area contributed by atoms with Crippen molar-refractivity contribution in [2.24, 2.45) is 5.92 Å². The highest BCUT2D eigenvalue weighted by atomic mass is 16.5. The maximum Gasteiger partial charge on any atom is 0.254 e. The van der Waals surface area contributed by atoms with E-state index in [4.69, 9.17) is 4.74 Å². The largest absolute Gasteiger partial charge is 0.378 e. The third-order valence-corrected chi connectivity index (χ3v) is 5.89. The molecule has 4 aliphatic rings. The summed E-state index contributed by atoms with van der Waals surface area (Å²) in [7, 11) is 0. The summed E-state index contributed by atoms with van der Waals surface area (Å²) in [5, 5.41) is 0. The first-order chi connectivity index (χ1) is 12.6. The van der Waals surface area contributed by atoms with Crippen molar-refractivity contribution < 1.29 is 14.3 Å². The molecule has 2 amide bonds. The van der Waals surface area contributed by atoms with Gasteiger partial charge in [0.1, 0.15) is 0 Å². The molecule has 5 rings (SSSR count). The summed E-state index contributed by atoms with van der Waals surface area (Å²) in [4.78, 5) is 31.3. The fraction of sp³-hybridized carbons (Fsp3) is 0.600. The van der Waals surface area contributed by atoms with Crippen molar-refractivity contribution in [3.8, 4) is 0 Å². The number of piperidine rings is 1. The highest BCUT2D eigenvalue weighted by Gasteiger charge is 2.38. The first-order valence-corrected chi connectivity index (χ1v) is 9.61. The molecule has 0 aromatic heterocycles. The Morgan fingerprint density at radius 2 is 1.88 bits per heavy atom. The summed E-state index contributed by atoms with van der Waals surface area (Å²) in [5.74, 6) is 0.606. The van der Waals surface area contributed by atoms with Crippen LogP contribution in [0.3, 0.4) is 0 Å². The third-order valence-electron chi connectivity index (χ3n) is 5.89. The van der Waals surface area contributed by atoms with Crippen molar-refractivity contribution in [2.75, 3.05) is 50.8 Å². The van der Waals surface area contributed by atoms with E-state index < -0.39 is 0 Å². The van der Waals surface area contributed by atoms with Gasteiger partial charge in [-0.2, -0.15) is 0 Å². The monoisotopic (exact) mass is 357 g/mol. The van der Waals surface area contributed by atoms with Gasteiger partial charge in [-0.05, 0) is 37.0 Å². The second kappa shape index (κ2) is 7.27. The molecule has 1 aromatic carbocycles. The molecule has 0 saturated carbocycles. The van der Waals surface area contributed by atoms with Crippen molar-refractivity contribution in [2.45, 2.75) is 25.8 Å². The molecular weight excluding hydrogens is 330 g/mol. The Morgan fingerprint density at radius 3 is 2.65 bits per heavy atom. The number of rotatable bonds is 2. The lowest BCUT2D eigenvalue weighted by Crippen LogP contribution is -2.47. The predicted octanol–water partition coefficient (Wildman–Crippen LogP) is 1.61. The molecule has 140 valence electrons. The summed E-state index contributed by atoms with van der Waals surface area (Å²) in [6.45, 7) is 7.02. The molecule has 4 heterocycles. The van der Waals surface area contributed by atoms with Gasteiger partial charge in [0.05, 0.1) is 13.2 Å². The van der Waals surface area contributed by atoms with Gasteiger partial charge in [-0.1, -0.05) is 6.07 Å². The third kappa shape index (κ3) is 3.43. The van der Waals surface area contributed by atoms with E-state index in [9.17, 15) is 9.59 Å². The van der Waals surface area contributed by atoms with Gasteiger partial charge in [-0.15, -0.1) is 0 Å². The van der Waals surface area contributed by atoms with Gasteiger partial charge >= 0.3 is 0 Å². The number of fused-ring (bicyclic) bond motifs is 4. The van der Waals surface area contributed by atoms with Crippen LogP contribution in [0.5, 0.6) is 0 Å². The van der Waals surface area contributed by atoms with Crippen molar-refractivity contribution in [3.05, 3.63) is 29.8 Å². The van der Waals surface area contributed by atoms with Crippen LogP contribution in [-0.4, -0.2) is 73.6 Å². The predicted molar refractivity (Wildman–Crippen MR) is 99.3 cm³/mol. The minimum absolute atomic E-state index is 0.0974. The zero-order valence-corrected chi connectivity index (χ0v) is 15.4. The number of anilines is 1. The number of hydrogen-bond acceptors (Lipinski definition) is 4. The Kier molecular flexibility index (Phi) is 4.85. The van der Waals surface area contributed by atoms with Gasteiger partial charge in [0.2, 0.25) is 5.91 Å². The molecule has 4 fully saturated rings. The Bertz CT molecular complexity index is 687. The van der Waals surface area contributed by atoms with E-state index in [1.165, 1.54) is 0 Å². The van der Waals surface area contributed by atoms with E-state index in [0.717, 1.165) is 63.5 Å². The van der Waals surface area contributed by atoms with E-state index in [0.29, 0.717) is 12.5 Å². The molecule has 4 saturated heterocycles. The Morgan fingerprint density at radius 1 is 1.08 bits per heavy atom. The van der Waals surface area contributed by atoms with Gasteiger partial charge in [0.15, 0.2) is 0 Å². The summed E-state index contributed by atoms with van der Waals surface area (Å²) in [6.07, 6.45) is 2.09. The fourth-order valence-corrected chi connectivity index (χ4v) is 4.41. The molecule has 0 radical (unpaired) electrons. The average molecular weight is 357 g/mol. The number of morpholine rings is 1. The van der Waals surface area contributed by atoms with Crippen LogP contribution in [-0.2, 0) is 9.53 Å². The number of carbonyl (C=O) groups is 2. The number of carbonyl (C=O) groups excluding carboxylic acids is 2. The van der Waals surface area contributed by atoms with Crippen LogP contribution < -0.4 is 4.90 Å². The van der Waals surface area contributed by atoms with Crippen LogP contribution in [0.1, 0.15) is 30.1 Å². The topological polar surface area (TPSA) is 53.1 Å². The Hall–Kier alpha value is -2.08. The molecule has 4 aliphatic heterocycles. The van der Waals surface area contributed by atoms with E-state index in [1.54, 1.807) is 6.92 Å². The fourth-order valence-electron chi connectivity index (χ4n) is 4.41. The number of benzene rings is 1. The van der Waals surface area contributed by atoms with Crippen LogP contribution in [0.25, 0.3) is 0 Å². The second-order valence-corrected chi connectivity index (χ2v) is 7.63. The Balaban J connectivity index is 1.53. The molecular formula is C20H27N3O3. The van der Waals surface area contributed by atoms with Crippen LogP contribution in [0.4, 0.5) is 5.69 Å². The van der Waals surface area contributed by atoms with E-state index >= 15 is 0 Å². The SMILES string of the molecule is CC(=O)N1C[C@@H]2CC[C@H](C1)N(C(=O)c1cccc(N3CCOCC3)c1)C2. The zero-order chi connectivity index (χ0) is 18.1. The lowest BCUT2D eigenvalue weighted by molar-refractivity contribution is -0.129. The smallest absolute Gasteiger partial charge is 0.254 e. The summed E-state index contributed by atoms with van der Waals surface area (Å²) < 4.78 is 5.42. The van der Waals surface area contributed by atoms with E-state index in [1.807, 2.05) is 28.0 Å². The number of amides is 2. The number of nitrogens with zero attached hydrogens (tertiary/aromatic N) is 3. The van der Waals surface area contributed by atoms with Gasteiger partial charge in [0, 0.05) is 56.9 Å². The van der Waals surface area contributed by atoms with Gasteiger partial charge in [-0.3, -0.25) is 9.59 Å². The molecule has 0 spiro atoms. The maximum absolute atomic E-state index is 13.2. The highest BCUT2D eigenvalue weighted by molar-refractivity contribution is 5.95. The average Bonchev–Trinajstić information content (AvgIpc) is 3.01. The van der Waals surface area contributed by atoms with Crippen LogP contribution in [0.2, 0.25) is 0 Å². The van der Waals surface area contributed by atoms with Crippen molar-refractivity contribution in [3.63, 3.8) is 0 Å². The molecule has 2 bridgehead atoms. The van der Waals surface area contributed by atoms with E-state index in [-0.39, 0.29) is 17.9 Å². The van der Waals surface area contributed by atoms with Crippen LogP contribution in [0, 0.1) is 5.92 Å². The summed E-state index contributed by atoms with van der Waals surface area (Å²) in [6, 6.07) is 8.09. The number of hydrogen-bond donors (Lipinski definition) is 0. The molecule has 6 nitrogen and oxygen atoms in total. The number of ether oxygens (including phenoxy) is 1. The van der Waals surface area contributed by atoms with Crippen molar-refractivity contribution >= 4 is 17.5 Å². The zero-order valence-electron chi connectivity index (χ0n) is 15.4. The molecule has 0 unspecified atom stereocenters. The molecule has 1 aromatic rings. The molecule has 6 heteroatoms. The van der Waals surface area contributed by atoms with Crippen LogP contribution in [0.15, 0.2) is 24.3 Å². The summed E-state index contributed by atoms with van der Waals surface area (Å²) in [5.41, 5.74) is 1.83. The molecule has 0 N–H and O–H groups in total. The lowest BCUT2D eigenvalue weighted by atomic mass is 9.94. The van der Waals surface area contributed by atoms with Crippen molar-refractivity contribution in [1.29, 1.82) is 0 Å². The minimum atomic E-state index is 0.0974. The van der Waals surface area contributed by atoms with Gasteiger partial charge < -0.3 is 19.4 Å². The first kappa shape index (κ1) is 17.3. The molecule has 2 atom stereocenters. The Labute approximate surface area is 154 Å². The van der Waals surface area contributed by atoms with Crippen molar-refractivity contribution in [1.82, 2.24) is 9.80 Å². The van der Waals surface area contributed by atoms with Gasteiger partial charge in [0.25, 0.3) is 5.91 Å². The normalized spacial score (nSPS) is 26.0.